The Bertz CT molecular complexity index is 771. The first kappa shape index (κ1) is 17.1. The lowest BCUT2D eigenvalue weighted by Crippen LogP contribution is -2.47. The Morgan fingerprint density at radius 1 is 1.16 bits per heavy atom. The van der Waals surface area contributed by atoms with Crippen molar-refractivity contribution in [1.82, 2.24) is 15.0 Å². The molecule has 0 aromatic carbocycles. The van der Waals surface area contributed by atoms with Crippen LogP contribution in [0.1, 0.15) is 31.3 Å². The summed E-state index contributed by atoms with van der Waals surface area (Å²) in [5.41, 5.74) is 1.01. The highest BCUT2D eigenvalue weighted by Gasteiger charge is 2.25. The van der Waals surface area contributed by atoms with Gasteiger partial charge in [-0.15, -0.1) is 0 Å². The molecule has 1 aliphatic rings. The second-order valence-electron chi connectivity index (χ2n) is 6.46. The molecule has 2 aromatic heterocycles. The molecule has 0 aliphatic carbocycles. The van der Waals surface area contributed by atoms with E-state index in [1.165, 1.54) is 6.07 Å². The van der Waals surface area contributed by atoms with E-state index in [1.54, 1.807) is 12.3 Å². The molecule has 25 heavy (non-hydrogen) atoms. The van der Waals surface area contributed by atoms with Crippen LogP contribution >= 0.6 is 0 Å². The van der Waals surface area contributed by atoms with Gasteiger partial charge in [-0.25, -0.2) is 15.0 Å². The van der Waals surface area contributed by atoms with Crippen LogP contribution in [0.4, 0.5) is 17.3 Å². The Morgan fingerprint density at radius 2 is 1.84 bits per heavy atom. The fraction of sp³-hybridized carbons (Fsp3) is 0.471. The molecule has 1 saturated heterocycles. The van der Waals surface area contributed by atoms with Crippen molar-refractivity contribution < 1.29 is 4.92 Å². The maximum absolute atomic E-state index is 11.2. The van der Waals surface area contributed by atoms with E-state index in [9.17, 15) is 10.1 Å². The van der Waals surface area contributed by atoms with Crippen molar-refractivity contribution in [3.63, 3.8) is 0 Å². The smallest absolute Gasteiger partial charge is 0.311 e. The average Bonchev–Trinajstić information content (AvgIpc) is 2.61. The molecule has 0 N–H and O–H groups in total. The molecule has 3 heterocycles. The Balaban J connectivity index is 1.76. The third kappa shape index (κ3) is 3.67. The van der Waals surface area contributed by atoms with Gasteiger partial charge >= 0.3 is 5.69 Å². The van der Waals surface area contributed by atoms with Crippen molar-refractivity contribution in [2.75, 3.05) is 36.0 Å². The number of hydrogen-bond donors (Lipinski definition) is 0. The molecule has 1 fully saturated rings. The molecular weight excluding hydrogens is 320 g/mol. The maximum atomic E-state index is 11.2. The molecule has 3 rings (SSSR count). The molecule has 8 heteroatoms. The number of rotatable bonds is 4. The number of aryl methyl sites for hydroxylation is 1. The second-order valence-corrected chi connectivity index (χ2v) is 6.46. The largest absolute Gasteiger partial charge is 0.353 e. The third-order valence-electron chi connectivity index (χ3n) is 4.24. The summed E-state index contributed by atoms with van der Waals surface area (Å²) in [5, 5.41) is 11.2. The number of aromatic nitrogens is 3. The van der Waals surface area contributed by atoms with Crippen LogP contribution in [0.2, 0.25) is 0 Å². The zero-order valence-electron chi connectivity index (χ0n) is 14.7. The number of nitrogens with zero attached hydrogens (tertiary/aromatic N) is 6. The minimum absolute atomic E-state index is 0.0518. The molecule has 0 radical (unpaired) electrons. The zero-order chi connectivity index (χ0) is 18.0. The maximum Gasteiger partial charge on any atom is 0.311 e. The van der Waals surface area contributed by atoms with Gasteiger partial charge in [0.2, 0.25) is 5.82 Å². The minimum Gasteiger partial charge on any atom is -0.353 e. The zero-order valence-corrected chi connectivity index (χ0v) is 14.7. The van der Waals surface area contributed by atoms with E-state index in [1.807, 2.05) is 17.9 Å². The highest BCUT2D eigenvalue weighted by molar-refractivity contribution is 5.58. The van der Waals surface area contributed by atoms with Gasteiger partial charge in [0.05, 0.1) is 4.92 Å². The van der Waals surface area contributed by atoms with Crippen molar-refractivity contribution in [3.05, 3.63) is 46.0 Å². The lowest BCUT2D eigenvalue weighted by atomic mass is 10.2. The van der Waals surface area contributed by atoms with E-state index in [0.29, 0.717) is 18.9 Å². The molecular formula is C17H22N6O2. The van der Waals surface area contributed by atoms with Gasteiger partial charge in [-0.1, -0.05) is 13.8 Å². The average molecular weight is 342 g/mol. The first-order valence-corrected chi connectivity index (χ1v) is 8.40. The summed E-state index contributed by atoms with van der Waals surface area (Å²) in [6, 6.07) is 5.08. The summed E-state index contributed by atoms with van der Waals surface area (Å²) < 4.78 is 0. The van der Waals surface area contributed by atoms with Crippen molar-refractivity contribution in [2.24, 2.45) is 0 Å². The fourth-order valence-corrected chi connectivity index (χ4v) is 2.92. The fourth-order valence-electron chi connectivity index (χ4n) is 2.92. The molecule has 0 bridgehead atoms. The highest BCUT2D eigenvalue weighted by Crippen LogP contribution is 2.27. The van der Waals surface area contributed by atoms with E-state index in [-0.39, 0.29) is 16.5 Å². The van der Waals surface area contributed by atoms with Crippen LogP contribution in [0.25, 0.3) is 0 Å². The van der Waals surface area contributed by atoms with Gasteiger partial charge in [0.1, 0.15) is 11.6 Å². The summed E-state index contributed by atoms with van der Waals surface area (Å²) in [7, 11) is 0. The van der Waals surface area contributed by atoms with Crippen LogP contribution in [-0.4, -0.2) is 46.1 Å². The lowest BCUT2D eigenvalue weighted by Gasteiger charge is -2.36. The van der Waals surface area contributed by atoms with Gasteiger partial charge < -0.3 is 9.80 Å². The van der Waals surface area contributed by atoms with Gasteiger partial charge in [-0.05, 0) is 13.0 Å². The second kappa shape index (κ2) is 7.00. The minimum atomic E-state index is -0.378. The topological polar surface area (TPSA) is 88.3 Å². The molecule has 132 valence electrons. The van der Waals surface area contributed by atoms with Crippen LogP contribution in [-0.2, 0) is 0 Å². The van der Waals surface area contributed by atoms with E-state index >= 15 is 0 Å². The molecule has 0 saturated carbocycles. The molecule has 0 spiro atoms. The van der Waals surface area contributed by atoms with E-state index in [4.69, 9.17) is 0 Å². The van der Waals surface area contributed by atoms with E-state index in [2.05, 4.69) is 33.7 Å². The summed E-state index contributed by atoms with van der Waals surface area (Å²) in [6.45, 7) is 8.94. The number of piperazine rings is 1. The summed E-state index contributed by atoms with van der Waals surface area (Å²) in [4.78, 5) is 28.4. The molecule has 2 aromatic rings. The number of hydrogen-bond acceptors (Lipinski definition) is 7. The van der Waals surface area contributed by atoms with Crippen LogP contribution in [0, 0.1) is 17.0 Å². The van der Waals surface area contributed by atoms with Crippen molar-refractivity contribution in [2.45, 2.75) is 26.7 Å². The van der Waals surface area contributed by atoms with Gasteiger partial charge in [0.25, 0.3) is 0 Å². The standard InChI is InChI=1S/C17H22N6O2/c1-12(2)16-19-13(3)11-15(20-16)21-7-9-22(10-8-21)17-14(23(24)25)5-4-6-18-17/h4-6,11-12H,7-10H2,1-3H3. The van der Waals surface area contributed by atoms with E-state index in [0.717, 1.165) is 30.4 Å². The lowest BCUT2D eigenvalue weighted by molar-refractivity contribution is -0.384. The predicted molar refractivity (Wildman–Crippen MR) is 96.2 cm³/mol. The van der Waals surface area contributed by atoms with Crippen molar-refractivity contribution >= 4 is 17.3 Å². The predicted octanol–water partition coefficient (Wildman–Crippen LogP) is 2.54. The quantitative estimate of drug-likeness (QED) is 0.623. The third-order valence-corrected chi connectivity index (χ3v) is 4.24. The van der Waals surface area contributed by atoms with Gasteiger partial charge in [0.15, 0.2) is 0 Å². The van der Waals surface area contributed by atoms with Gasteiger partial charge in [-0.2, -0.15) is 0 Å². The number of nitro groups is 1. The van der Waals surface area contributed by atoms with Crippen LogP contribution in [0.15, 0.2) is 24.4 Å². The number of pyridine rings is 1. The molecule has 1 aliphatic heterocycles. The molecule has 0 amide bonds. The first-order valence-electron chi connectivity index (χ1n) is 8.40. The number of anilines is 2. The Kier molecular flexibility index (Phi) is 4.78. The van der Waals surface area contributed by atoms with Gasteiger partial charge in [0, 0.05) is 56.1 Å². The van der Waals surface area contributed by atoms with Crippen LogP contribution < -0.4 is 9.80 Å². The Labute approximate surface area is 146 Å². The normalized spacial score (nSPS) is 14.9. The highest BCUT2D eigenvalue weighted by atomic mass is 16.6. The summed E-state index contributed by atoms with van der Waals surface area (Å²) in [5.74, 6) is 2.48. The SMILES string of the molecule is Cc1cc(N2CCN(c3ncccc3[N+](=O)[O-])CC2)nc(C(C)C)n1. The van der Waals surface area contributed by atoms with Crippen molar-refractivity contribution in [3.8, 4) is 0 Å². The Hall–Kier alpha value is -2.77. The monoisotopic (exact) mass is 342 g/mol. The molecule has 0 atom stereocenters. The van der Waals surface area contributed by atoms with Crippen LogP contribution in [0.3, 0.4) is 0 Å². The van der Waals surface area contributed by atoms with Gasteiger partial charge in [-0.3, -0.25) is 10.1 Å². The van der Waals surface area contributed by atoms with Crippen LogP contribution in [0.5, 0.6) is 0 Å². The summed E-state index contributed by atoms with van der Waals surface area (Å²) in [6.07, 6.45) is 1.59. The molecule has 0 unspecified atom stereocenters. The van der Waals surface area contributed by atoms with E-state index < -0.39 is 0 Å². The Morgan fingerprint density at radius 3 is 2.48 bits per heavy atom. The molecule has 8 nitrogen and oxygen atoms in total. The first-order chi connectivity index (χ1) is 12.0. The van der Waals surface area contributed by atoms with Crippen molar-refractivity contribution in [1.29, 1.82) is 0 Å². The summed E-state index contributed by atoms with van der Waals surface area (Å²) >= 11 is 0.